The Hall–Kier alpha value is -3.60. The quantitative estimate of drug-likeness (QED) is 0.723. The van der Waals surface area contributed by atoms with E-state index in [2.05, 4.69) is 9.97 Å². The molecule has 0 aliphatic heterocycles. The molecule has 1 aromatic heterocycles. The van der Waals surface area contributed by atoms with Gasteiger partial charge in [-0.05, 0) is 53.6 Å². The molecule has 0 bridgehead atoms. The molecule has 0 fully saturated rings. The molecule has 2 N–H and O–H groups in total. The van der Waals surface area contributed by atoms with E-state index in [0.717, 1.165) is 11.1 Å². The normalized spacial score (nSPS) is 11.3. The fourth-order valence-corrected chi connectivity index (χ4v) is 2.34. The summed E-state index contributed by atoms with van der Waals surface area (Å²) in [5.74, 6) is 0.421. The molecule has 0 atom stereocenters. The maximum absolute atomic E-state index is 9.53. The SMILES string of the molecule is COc1nc(/C=C/c2cccc(O)c2)cc(/C=C/c2cccc(O)c2)n1. The van der Waals surface area contributed by atoms with Crippen LogP contribution < -0.4 is 4.74 Å². The maximum Gasteiger partial charge on any atom is 0.317 e. The van der Waals surface area contributed by atoms with Gasteiger partial charge in [-0.25, -0.2) is 0 Å². The number of nitrogens with zero attached hydrogens (tertiary/aromatic N) is 2. The average molecular weight is 346 g/mol. The highest BCUT2D eigenvalue weighted by Crippen LogP contribution is 2.17. The first-order valence-corrected chi connectivity index (χ1v) is 8.00. The van der Waals surface area contributed by atoms with Crippen molar-refractivity contribution in [3.05, 3.63) is 77.1 Å². The van der Waals surface area contributed by atoms with Gasteiger partial charge in [0.25, 0.3) is 0 Å². The number of hydrogen-bond donors (Lipinski definition) is 2. The maximum atomic E-state index is 9.53. The Morgan fingerprint density at radius 2 is 1.23 bits per heavy atom. The number of aromatic hydroxyl groups is 2. The van der Waals surface area contributed by atoms with E-state index in [0.29, 0.717) is 11.4 Å². The number of aromatic nitrogens is 2. The summed E-state index contributed by atoms with van der Waals surface area (Å²) in [6, 6.07) is 16.0. The molecule has 0 radical (unpaired) electrons. The van der Waals surface area contributed by atoms with E-state index in [4.69, 9.17) is 4.74 Å². The van der Waals surface area contributed by atoms with Crippen molar-refractivity contribution in [2.24, 2.45) is 0 Å². The van der Waals surface area contributed by atoms with Crippen molar-refractivity contribution in [3.63, 3.8) is 0 Å². The van der Waals surface area contributed by atoms with Gasteiger partial charge in [0.15, 0.2) is 0 Å². The summed E-state index contributed by atoms with van der Waals surface area (Å²) in [5, 5.41) is 19.1. The van der Waals surface area contributed by atoms with Gasteiger partial charge < -0.3 is 14.9 Å². The van der Waals surface area contributed by atoms with Gasteiger partial charge in [0.2, 0.25) is 0 Å². The van der Waals surface area contributed by atoms with Crippen LogP contribution in [0.5, 0.6) is 17.5 Å². The lowest BCUT2D eigenvalue weighted by Crippen LogP contribution is -1.95. The van der Waals surface area contributed by atoms with Crippen molar-refractivity contribution in [2.75, 3.05) is 7.11 Å². The highest BCUT2D eigenvalue weighted by atomic mass is 16.5. The summed E-state index contributed by atoms with van der Waals surface area (Å²) in [6.07, 6.45) is 7.35. The first-order chi connectivity index (χ1) is 12.6. The van der Waals surface area contributed by atoms with Gasteiger partial charge in [-0.2, -0.15) is 9.97 Å². The minimum absolute atomic E-state index is 0.210. The highest BCUT2D eigenvalue weighted by molar-refractivity contribution is 5.72. The van der Waals surface area contributed by atoms with Crippen molar-refractivity contribution >= 4 is 24.3 Å². The minimum Gasteiger partial charge on any atom is -0.508 e. The van der Waals surface area contributed by atoms with E-state index in [-0.39, 0.29) is 17.5 Å². The summed E-state index contributed by atoms with van der Waals surface area (Å²) in [5.41, 5.74) is 3.07. The molecule has 0 saturated heterocycles. The Morgan fingerprint density at radius 3 is 1.65 bits per heavy atom. The van der Waals surface area contributed by atoms with Gasteiger partial charge in [0.05, 0.1) is 18.5 Å². The number of ether oxygens (including phenoxy) is 1. The van der Waals surface area contributed by atoms with Gasteiger partial charge in [-0.1, -0.05) is 36.4 Å². The molecule has 5 heteroatoms. The molecule has 1 heterocycles. The van der Waals surface area contributed by atoms with Crippen LogP contribution in [0.15, 0.2) is 54.6 Å². The topological polar surface area (TPSA) is 75.5 Å². The van der Waals surface area contributed by atoms with Gasteiger partial charge in [0.1, 0.15) is 11.5 Å². The van der Waals surface area contributed by atoms with Crippen molar-refractivity contribution in [2.45, 2.75) is 0 Å². The smallest absolute Gasteiger partial charge is 0.317 e. The second kappa shape index (κ2) is 7.98. The van der Waals surface area contributed by atoms with Crippen LogP contribution in [0.3, 0.4) is 0 Å². The lowest BCUT2D eigenvalue weighted by Gasteiger charge is -2.02. The number of phenols is 2. The average Bonchev–Trinajstić information content (AvgIpc) is 2.65. The van der Waals surface area contributed by atoms with Crippen LogP contribution in [-0.2, 0) is 0 Å². The van der Waals surface area contributed by atoms with E-state index in [1.54, 1.807) is 36.4 Å². The van der Waals surface area contributed by atoms with Crippen LogP contribution in [0.1, 0.15) is 22.5 Å². The van der Waals surface area contributed by atoms with Crippen LogP contribution in [0.4, 0.5) is 0 Å². The molecule has 0 saturated carbocycles. The molecule has 3 rings (SSSR count). The number of methoxy groups -OCH3 is 1. The minimum atomic E-state index is 0.210. The third kappa shape index (κ3) is 4.70. The Bertz CT molecular complexity index is 891. The predicted molar refractivity (Wildman–Crippen MR) is 103 cm³/mol. The molecule has 130 valence electrons. The molecule has 0 aliphatic rings. The zero-order valence-electron chi connectivity index (χ0n) is 14.2. The Balaban J connectivity index is 1.86. The van der Waals surface area contributed by atoms with Gasteiger partial charge in [-0.3, -0.25) is 0 Å². The van der Waals surface area contributed by atoms with Crippen molar-refractivity contribution < 1.29 is 14.9 Å². The summed E-state index contributed by atoms with van der Waals surface area (Å²) >= 11 is 0. The second-order valence-corrected chi connectivity index (χ2v) is 5.56. The van der Waals surface area contributed by atoms with Crippen molar-refractivity contribution in [3.8, 4) is 17.5 Å². The summed E-state index contributed by atoms with van der Waals surface area (Å²) < 4.78 is 5.17. The lowest BCUT2D eigenvalue weighted by atomic mass is 10.1. The Labute approximate surface area is 151 Å². The highest BCUT2D eigenvalue weighted by Gasteiger charge is 2.01. The van der Waals surface area contributed by atoms with E-state index >= 15 is 0 Å². The molecule has 3 aromatic rings. The number of phenolic OH excluding ortho intramolecular Hbond substituents is 2. The third-order valence-corrected chi connectivity index (χ3v) is 3.56. The molecule has 5 nitrogen and oxygen atoms in total. The van der Waals surface area contributed by atoms with Crippen molar-refractivity contribution in [1.82, 2.24) is 9.97 Å². The standard InChI is InChI=1S/C21H18N2O3/c1-26-21-22-17(10-8-15-4-2-6-19(24)12-15)14-18(23-21)11-9-16-5-3-7-20(25)13-16/h2-14,24-25H,1H3/b10-8+,11-9+. The van der Waals surface area contributed by atoms with Crippen LogP contribution in [0, 0.1) is 0 Å². The van der Waals surface area contributed by atoms with Gasteiger partial charge in [0, 0.05) is 0 Å². The molecular formula is C21H18N2O3. The number of hydrogen-bond acceptors (Lipinski definition) is 5. The zero-order chi connectivity index (χ0) is 18.4. The predicted octanol–water partition coefficient (Wildman–Crippen LogP) is 4.24. The fourth-order valence-electron chi connectivity index (χ4n) is 2.34. The molecule has 0 amide bonds. The molecule has 2 aromatic carbocycles. The Morgan fingerprint density at radius 1 is 0.731 bits per heavy atom. The molecule has 0 unspecified atom stereocenters. The van der Waals surface area contributed by atoms with Crippen LogP contribution in [0.25, 0.3) is 24.3 Å². The Kier molecular flexibility index (Phi) is 5.29. The van der Waals surface area contributed by atoms with E-state index in [9.17, 15) is 10.2 Å². The van der Waals surface area contributed by atoms with Crippen molar-refractivity contribution in [1.29, 1.82) is 0 Å². The number of benzene rings is 2. The summed E-state index contributed by atoms with van der Waals surface area (Å²) in [7, 11) is 1.51. The fraction of sp³-hybridized carbons (Fsp3) is 0.0476. The van der Waals surface area contributed by atoms with Crippen LogP contribution >= 0.6 is 0 Å². The molecule has 0 spiro atoms. The van der Waals surface area contributed by atoms with Gasteiger partial charge in [-0.15, -0.1) is 0 Å². The third-order valence-electron chi connectivity index (χ3n) is 3.56. The summed E-state index contributed by atoms with van der Waals surface area (Å²) in [4.78, 5) is 8.60. The molecule has 0 aliphatic carbocycles. The van der Waals surface area contributed by atoms with Gasteiger partial charge >= 0.3 is 6.01 Å². The first-order valence-electron chi connectivity index (χ1n) is 8.00. The van der Waals surface area contributed by atoms with E-state index < -0.39 is 0 Å². The monoisotopic (exact) mass is 346 g/mol. The second-order valence-electron chi connectivity index (χ2n) is 5.56. The molecule has 26 heavy (non-hydrogen) atoms. The lowest BCUT2D eigenvalue weighted by molar-refractivity contribution is 0.379. The summed E-state index contributed by atoms with van der Waals surface area (Å²) in [6.45, 7) is 0. The van der Waals surface area contributed by atoms with Crippen LogP contribution in [0.2, 0.25) is 0 Å². The van der Waals surface area contributed by atoms with E-state index in [1.165, 1.54) is 7.11 Å². The first kappa shape index (κ1) is 17.2. The van der Waals surface area contributed by atoms with E-state index in [1.807, 2.05) is 42.5 Å². The number of rotatable bonds is 5. The van der Waals surface area contributed by atoms with Crippen LogP contribution in [-0.4, -0.2) is 27.3 Å². The largest absolute Gasteiger partial charge is 0.508 e. The molecular weight excluding hydrogens is 328 g/mol. The zero-order valence-corrected chi connectivity index (χ0v) is 14.2.